The zero-order valence-electron chi connectivity index (χ0n) is 14.1. The summed E-state index contributed by atoms with van der Waals surface area (Å²) in [7, 11) is 1.60. The van der Waals surface area contributed by atoms with Gasteiger partial charge in [-0.25, -0.2) is 9.97 Å². The van der Waals surface area contributed by atoms with Gasteiger partial charge in [-0.1, -0.05) is 35.9 Å². The van der Waals surface area contributed by atoms with Gasteiger partial charge in [0.15, 0.2) is 0 Å². The minimum Gasteiger partial charge on any atom is -0.495 e. The average molecular weight is 369 g/mol. The fourth-order valence-corrected chi connectivity index (χ4v) is 2.40. The first-order valence-electron chi connectivity index (χ1n) is 7.90. The summed E-state index contributed by atoms with van der Waals surface area (Å²) in [6, 6.07) is 14.7. The third-order valence-corrected chi connectivity index (χ3v) is 3.87. The minimum atomic E-state index is -0.295. The molecule has 2 aromatic carbocycles. The Labute approximate surface area is 156 Å². The molecule has 0 aliphatic carbocycles. The number of ether oxygens (including phenoxy) is 1. The summed E-state index contributed by atoms with van der Waals surface area (Å²) < 4.78 is 5.28. The zero-order valence-corrected chi connectivity index (χ0v) is 14.8. The topological polar surface area (TPSA) is 76.1 Å². The molecule has 0 unspecified atom stereocenters. The van der Waals surface area contributed by atoms with Crippen LogP contribution in [-0.2, 0) is 6.54 Å². The molecule has 0 saturated carbocycles. The molecule has 2 N–H and O–H groups in total. The second-order valence-electron chi connectivity index (χ2n) is 5.42. The first-order valence-corrected chi connectivity index (χ1v) is 8.28. The molecule has 3 aromatic rings. The van der Waals surface area contributed by atoms with Crippen molar-refractivity contribution in [3.05, 3.63) is 77.2 Å². The maximum Gasteiger partial charge on any atom is 0.271 e. The molecule has 26 heavy (non-hydrogen) atoms. The summed E-state index contributed by atoms with van der Waals surface area (Å²) in [5.41, 5.74) is 1.96. The second kappa shape index (κ2) is 8.31. The summed E-state index contributed by atoms with van der Waals surface area (Å²) in [5.74, 6) is 0.916. The van der Waals surface area contributed by atoms with Gasteiger partial charge in [0.2, 0.25) is 0 Å². The highest BCUT2D eigenvalue weighted by atomic mass is 35.5. The van der Waals surface area contributed by atoms with E-state index in [2.05, 4.69) is 20.6 Å². The predicted molar refractivity (Wildman–Crippen MR) is 101 cm³/mol. The number of anilines is 2. The third-order valence-electron chi connectivity index (χ3n) is 3.62. The van der Waals surface area contributed by atoms with Crippen molar-refractivity contribution in [3.63, 3.8) is 0 Å². The summed E-state index contributed by atoms with van der Waals surface area (Å²) in [4.78, 5) is 20.6. The van der Waals surface area contributed by atoms with E-state index in [4.69, 9.17) is 16.3 Å². The number of halogens is 1. The number of aromatic nitrogens is 2. The molecule has 0 radical (unpaired) electrons. The number of rotatable bonds is 6. The van der Waals surface area contributed by atoms with E-state index in [-0.39, 0.29) is 11.6 Å². The van der Waals surface area contributed by atoms with E-state index in [1.807, 2.05) is 36.4 Å². The van der Waals surface area contributed by atoms with Gasteiger partial charge in [-0.3, -0.25) is 4.79 Å². The van der Waals surface area contributed by atoms with Crippen LogP contribution in [0.2, 0.25) is 5.02 Å². The van der Waals surface area contributed by atoms with Gasteiger partial charge in [0.25, 0.3) is 5.91 Å². The van der Waals surface area contributed by atoms with Crippen LogP contribution in [-0.4, -0.2) is 23.0 Å². The molecular formula is C19H17ClN4O2. The lowest BCUT2D eigenvalue weighted by molar-refractivity contribution is 0.0945. The van der Waals surface area contributed by atoms with Crippen LogP contribution in [0.15, 0.2) is 60.9 Å². The van der Waals surface area contributed by atoms with E-state index in [9.17, 15) is 4.79 Å². The van der Waals surface area contributed by atoms with Crippen LogP contribution in [0.4, 0.5) is 11.5 Å². The van der Waals surface area contributed by atoms with Crippen LogP contribution < -0.4 is 15.4 Å². The Morgan fingerprint density at radius 3 is 2.54 bits per heavy atom. The quantitative estimate of drug-likeness (QED) is 0.691. The Balaban J connectivity index is 1.61. The predicted octanol–water partition coefficient (Wildman–Crippen LogP) is 3.81. The van der Waals surface area contributed by atoms with E-state index in [1.165, 1.54) is 12.4 Å². The molecule has 1 amide bonds. The van der Waals surface area contributed by atoms with Gasteiger partial charge in [-0.15, -0.1) is 0 Å². The molecule has 7 heteroatoms. The van der Waals surface area contributed by atoms with Crippen molar-refractivity contribution in [1.29, 1.82) is 0 Å². The number of carbonyl (C=O) groups excluding carboxylic acids is 1. The zero-order chi connectivity index (χ0) is 18.4. The number of hydrogen-bond acceptors (Lipinski definition) is 5. The summed E-state index contributed by atoms with van der Waals surface area (Å²) in [6.45, 7) is 0.388. The third kappa shape index (κ3) is 4.49. The molecule has 1 aromatic heterocycles. The molecule has 0 saturated heterocycles. The normalized spacial score (nSPS) is 10.2. The van der Waals surface area contributed by atoms with Gasteiger partial charge in [-0.2, -0.15) is 0 Å². The number of nitrogens with zero attached hydrogens (tertiary/aromatic N) is 2. The standard InChI is InChI=1S/C19H17ClN4O2/c1-26-17-5-3-2-4-15(17)24-18-12-21-16(11-22-18)19(25)23-10-13-6-8-14(20)9-7-13/h2-9,11-12H,10H2,1H3,(H,22,24)(H,23,25). The van der Waals surface area contributed by atoms with Crippen molar-refractivity contribution < 1.29 is 9.53 Å². The van der Waals surface area contributed by atoms with Crippen molar-refractivity contribution in [2.75, 3.05) is 12.4 Å². The van der Waals surface area contributed by atoms with Gasteiger partial charge < -0.3 is 15.4 Å². The monoisotopic (exact) mass is 368 g/mol. The summed E-state index contributed by atoms with van der Waals surface area (Å²) in [5, 5.41) is 6.56. The van der Waals surface area contributed by atoms with Crippen LogP contribution in [0.1, 0.15) is 16.1 Å². The molecule has 1 heterocycles. The van der Waals surface area contributed by atoms with Crippen molar-refractivity contribution in [2.24, 2.45) is 0 Å². The van der Waals surface area contributed by atoms with Crippen LogP contribution >= 0.6 is 11.6 Å². The number of amides is 1. The Kier molecular flexibility index (Phi) is 5.66. The number of benzene rings is 2. The molecule has 0 aliphatic heterocycles. The fourth-order valence-electron chi connectivity index (χ4n) is 2.27. The molecular weight excluding hydrogens is 352 g/mol. The van der Waals surface area contributed by atoms with E-state index in [1.54, 1.807) is 19.2 Å². The smallest absolute Gasteiger partial charge is 0.271 e. The Morgan fingerprint density at radius 1 is 1.08 bits per heavy atom. The van der Waals surface area contributed by atoms with Crippen LogP contribution in [0.5, 0.6) is 5.75 Å². The maximum atomic E-state index is 12.2. The largest absolute Gasteiger partial charge is 0.495 e. The number of methoxy groups -OCH3 is 1. The van der Waals surface area contributed by atoms with Crippen molar-refractivity contribution in [2.45, 2.75) is 6.54 Å². The highest BCUT2D eigenvalue weighted by Crippen LogP contribution is 2.25. The molecule has 0 atom stereocenters. The van der Waals surface area contributed by atoms with Gasteiger partial charge in [0.05, 0.1) is 25.2 Å². The fraction of sp³-hybridized carbons (Fsp3) is 0.105. The Hall–Kier alpha value is -3.12. The summed E-state index contributed by atoms with van der Waals surface area (Å²) >= 11 is 5.84. The summed E-state index contributed by atoms with van der Waals surface area (Å²) in [6.07, 6.45) is 2.93. The van der Waals surface area contributed by atoms with Crippen molar-refractivity contribution in [1.82, 2.24) is 15.3 Å². The molecule has 3 rings (SSSR count). The lowest BCUT2D eigenvalue weighted by Crippen LogP contribution is -2.24. The van der Waals surface area contributed by atoms with Gasteiger partial charge in [0, 0.05) is 11.6 Å². The van der Waals surface area contributed by atoms with E-state index in [0.29, 0.717) is 23.1 Å². The number of nitrogens with one attached hydrogen (secondary N) is 2. The number of hydrogen-bond donors (Lipinski definition) is 2. The molecule has 0 aliphatic rings. The number of carbonyl (C=O) groups is 1. The highest BCUT2D eigenvalue weighted by molar-refractivity contribution is 6.30. The first-order chi connectivity index (χ1) is 12.7. The van der Waals surface area contributed by atoms with E-state index < -0.39 is 0 Å². The SMILES string of the molecule is COc1ccccc1Nc1cnc(C(=O)NCc2ccc(Cl)cc2)cn1. The molecule has 6 nitrogen and oxygen atoms in total. The van der Waals surface area contributed by atoms with Gasteiger partial charge in [0.1, 0.15) is 17.3 Å². The highest BCUT2D eigenvalue weighted by Gasteiger charge is 2.09. The van der Waals surface area contributed by atoms with E-state index >= 15 is 0 Å². The van der Waals surface area contributed by atoms with Crippen molar-refractivity contribution in [3.8, 4) is 5.75 Å². The van der Waals surface area contributed by atoms with Gasteiger partial charge >= 0.3 is 0 Å². The van der Waals surface area contributed by atoms with Crippen LogP contribution in [0, 0.1) is 0 Å². The van der Waals surface area contributed by atoms with Crippen LogP contribution in [0.3, 0.4) is 0 Å². The van der Waals surface area contributed by atoms with Crippen molar-refractivity contribution >= 4 is 29.0 Å². The molecule has 0 spiro atoms. The Bertz CT molecular complexity index is 883. The molecule has 0 bridgehead atoms. The Morgan fingerprint density at radius 2 is 1.85 bits per heavy atom. The molecule has 0 fully saturated rings. The lowest BCUT2D eigenvalue weighted by atomic mass is 10.2. The minimum absolute atomic E-state index is 0.240. The first kappa shape index (κ1) is 17.7. The number of para-hydroxylation sites is 2. The second-order valence-corrected chi connectivity index (χ2v) is 5.86. The van der Waals surface area contributed by atoms with Gasteiger partial charge in [-0.05, 0) is 29.8 Å². The lowest BCUT2D eigenvalue weighted by Gasteiger charge is -2.10. The maximum absolute atomic E-state index is 12.2. The van der Waals surface area contributed by atoms with E-state index in [0.717, 1.165) is 11.3 Å². The van der Waals surface area contributed by atoms with Crippen LogP contribution in [0.25, 0.3) is 0 Å². The average Bonchev–Trinajstić information content (AvgIpc) is 2.68. The molecule has 132 valence electrons.